The molecule has 0 saturated heterocycles. The van der Waals surface area contributed by atoms with Gasteiger partial charge in [-0.05, 0) is 118 Å². The van der Waals surface area contributed by atoms with Gasteiger partial charge in [0.2, 0.25) is 0 Å². The SMILES string of the molecule is C=C1C=C(c2ccc3c(c2)C(C)(C)c2ccccc2-3)N(c2cccc(C)c2)C=C(c2ccc3c(c2)C(C)(C)c2ccccc2-3)N1c1cccc(C)c1. The molecular formula is C50H44N2. The largest absolute Gasteiger partial charge is 0.314 e. The second kappa shape index (κ2) is 11.6. The van der Waals surface area contributed by atoms with E-state index < -0.39 is 0 Å². The van der Waals surface area contributed by atoms with E-state index in [1.165, 1.54) is 55.6 Å². The van der Waals surface area contributed by atoms with Crippen molar-refractivity contribution in [1.82, 2.24) is 0 Å². The van der Waals surface area contributed by atoms with Gasteiger partial charge in [0.15, 0.2) is 0 Å². The summed E-state index contributed by atoms with van der Waals surface area (Å²) in [5.74, 6) is 0. The standard InChI is InChI=1S/C50H44N2/c1-32-14-12-16-37(26-32)51-31-48(36-23-25-42-40-19-9-11-21-44(40)50(6,7)46(42)30-36)52(38-17-13-15-33(2)27-38)34(3)28-47(51)35-22-24-41-39-18-8-10-20-43(39)49(4,5)45(41)29-35/h8-31H,3H2,1-2,4-7H3. The van der Waals surface area contributed by atoms with E-state index in [2.05, 4.69) is 197 Å². The highest BCUT2D eigenvalue weighted by Gasteiger charge is 2.38. The first-order chi connectivity index (χ1) is 25.0. The van der Waals surface area contributed by atoms with E-state index in [-0.39, 0.29) is 10.8 Å². The minimum atomic E-state index is -0.118. The summed E-state index contributed by atoms with van der Waals surface area (Å²) in [6, 6.07) is 49.4. The Morgan fingerprint density at radius 3 is 1.50 bits per heavy atom. The van der Waals surface area contributed by atoms with Crippen LogP contribution < -0.4 is 9.80 Å². The zero-order valence-corrected chi connectivity index (χ0v) is 31.0. The molecule has 0 spiro atoms. The number of fused-ring (bicyclic) bond motifs is 6. The third-order valence-electron chi connectivity index (χ3n) is 11.6. The van der Waals surface area contributed by atoms with Gasteiger partial charge >= 0.3 is 0 Å². The van der Waals surface area contributed by atoms with Crippen LogP contribution in [0.25, 0.3) is 33.6 Å². The normalized spacial score (nSPS) is 16.4. The number of anilines is 2. The summed E-state index contributed by atoms with van der Waals surface area (Å²) in [5, 5.41) is 0. The van der Waals surface area contributed by atoms with E-state index in [9.17, 15) is 0 Å². The van der Waals surface area contributed by atoms with Crippen molar-refractivity contribution in [3.63, 3.8) is 0 Å². The fraction of sp³-hybridized carbons (Fsp3) is 0.160. The molecular weight excluding hydrogens is 629 g/mol. The van der Waals surface area contributed by atoms with E-state index in [1.807, 2.05) is 0 Å². The third-order valence-corrected chi connectivity index (χ3v) is 11.6. The van der Waals surface area contributed by atoms with Gasteiger partial charge in [-0.15, -0.1) is 0 Å². The lowest BCUT2D eigenvalue weighted by Crippen LogP contribution is -2.21. The molecule has 1 aliphatic heterocycles. The molecule has 0 atom stereocenters. The predicted molar refractivity (Wildman–Crippen MR) is 220 cm³/mol. The number of aryl methyl sites for hydroxylation is 2. The van der Waals surface area contributed by atoms with Crippen LogP contribution >= 0.6 is 0 Å². The van der Waals surface area contributed by atoms with Crippen molar-refractivity contribution in [3.8, 4) is 22.3 Å². The fourth-order valence-corrected chi connectivity index (χ4v) is 8.91. The number of benzene rings is 6. The summed E-state index contributed by atoms with van der Waals surface area (Å²) < 4.78 is 0. The minimum absolute atomic E-state index is 0.109. The molecule has 1 heterocycles. The van der Waals surface area contributed by atoms with Gasteiger partial charge in [0, 0.05) is 39.7 Å². The molecule has 254 valence electrons. The second-order valence-electron chi connectivity index (χ2n) is 15.8. The number of rotatable bonds is 4. The van der Waals surface area contributed by atoms with Crippen LogP contribution in [0, 0.1) is 13.8 Å². The van der Waals surface area contributed by atoms with Gasteiger partial charge in [-0.25, -0.2) is 0 Å². The number of nitrogens with zero attached hydrogens (tertiary/aromatic N) is 2. The Morgan fingerprint density at radius 2 is 0.942 bits per heavy atom. The summed E-state index contributed by atoms with van der Waals surface area (Å²) in [7, 11) is 0. The quantitative estimate of drug-likeness (QED) is 0.184. The van der Waals surface area contributed by atoms with Crippen LogP contribution in [0.3, 0.4) is 0 Å². The Kier molecular flexibility index (Phi) is 7.14. The molecule has 2 heteroatoms. The number of allylic oxidation sites excluding steroid dienone is 1. The van der Waals surface area contributed by atoms with E-state index >= 15 is 0 Å². The predicted octanol–water partition coefficient (Wildman–Crippen LogP) is 12.8. The number of hydrogen-bond donors (Lipinski definition) is 0. The van der Waals surface area contributed by atoms with Gasteiger partial charge in [0.1, 0.15) is 0 Å². The zero-order chi connectivity index (χ0) is 35.9. The Balaban J connectivity index is 1.28. The lowest BCUT2D eigenvalue weighted by molar-refractivity contribution is 0.660. The van der Waals surface area contributed by atoms with Crippen LogP contribution in [0.2, 0.25) is 0 Å². The van der Waals surface area contributed by atoms with Crippen LogP contribution in [0.4, 0.5) is 11.4 Å². The Morgan fingerprint density at radius 1 is 0.462 bits per heavy atom. The summed E-state index contributed by atoms with van der Waals surface area (Å²) in [6.45, 7) is 18.5. The van der Waals surface area contributed by atoms with Crippen LogP contribution in [0.5, 0.6) is 0 Å². The molecule has 2 nitrogen and oxygen atoms in total. The highest BCUT2D eigenvalue weighted by atomic mass is 15.2. The molecule has 0 bridgehead atoms. The van der Waals surface area contributed by atoms with Crippen molar-refractivity contribution in [2.75, 3.05) is 9.80 Å². The highest BCUT2D eigenvalue weighted by molar-refractivity contribution is 5.96. The smallest absolute Gasteiger partial charge is 0.0700 e. The zero-order valence-electron chi connectivity index (χ0n) is 31.0. The van der Waals surface area contributed by atoms with Gasteiger partial charge in [0.05, 0.1) is 11.4 Å². The van der Waals surface area contributed by atoms with E-state index in [4.69, 9.17) is 6.58 Å². The summed E-state index contributed by atoms with van der Waals surface area (Å²) >= 11 is 0. The van der Waals surface area contributed by atoms with Crippen LogP contribution in [0.15, 0.2) is 158 Å². The molecule has 6 aromatic carbocycles. The Hall–Kier alpha value is -5.86. The average molecular weight is 673 g/mol. The highest BCUT2D eigenvalue weighted by Crippen LogP contribution is 2.51. The molecule has 6 aromatic rings. The first-order valence-corrected chi connectivity index (χ1v) is 18.4. The first-order valence-electron chi connectivity index (χ1n) is 18.4. The topological polar surface area (TPSA) is 6.48 Å². The third kappa shape index (κ3) is 4.85. The maximum Gasteiger partial charge on any atom is 0.0700 e. The maximum atomic E-state index is 4.81. The first kappa shape index (κ1) is 32.1. The molecule has 52 heavy (non-hydrogen) atoms. The molecule has 0 saturated carbocycles. The molecule has 0 aromatic heterocycles. The van der Waals surface area contributed by atoms with Crippen LogP contribution in [0.1, 0.15) is 72.2 Å². The maximum absolute atomic E-state index is 4.81. The molecule has 3 aliphatic rings. The lowest BCUT2D eigenvalue weighted by atomic mass is 9.82. The Bertz CT molecular complexity index is 2520. The molecule has 9 rings (SSSR count). The van der Waals surface area contributed by atoms with Crippen molar-refractivity contribution >= 4 is 22.8 Å². The monoisotopic (exact) mass is 672 g/mol. The van der Waals surface area contributed by atoms with Gasteiger partial charge in [-0.3, -0.25) is 0 Å². The molecule has 0 radical (unpaired) electrons. The fourth-order valence-electron chi connectivity index (χ4n) is 8.91. The molecule has 0 amide bonds. The average Bonchev–Trinajstić information content (AvgIpc) is 3.43. The summed E-state index contributed by atoms with van der Waals surface area (Å²) in [6.07, 6.45) is 4.61. The van der Waals surface area contributed by atoms with E-state index in [1.54, 1.807) is 0 Å². The molecule has 2 aliphatic carbocycles. The van der Waals surface area contributed by atoms with Gasteiger partial charge in [0.25, 0.3) is 0 Å². The lowest BCUT2D eigenvalue weighted by Gasteiger charge is -2.29. The van der Waals surface area contributed by atoms with Crippen molar-refractivity contribution in [1.29, 1.82) is 0 Å². The summed E-state index contributed by atoms with van der Waals surface area (Å²) in [4.78, 5) is 4.72. The summed E-state index contributed by atoms with van der Waals surface area (Å²) in [5.41, 5.74) is 20.5. The van der Waals surface area contributed by atoms with Crippen LogP contribution in [-0.4, -0.2) is 0 Å². The van der Waals surface area contributed by atoms with Gasteiger partial charge in [-0.2, -0.15) is 0 Å². The minimum Gasteiger partial charge on any atom is -0.314 e. The van der Waals surface area contributed by atoms with E-state index in [0.29, 0.717) is 0 Å². The van der Waals surface area contributed by atoms with Crippen molar-refractivity contribution in [2.24, 2.45) is 0 Å². The van der Waals surface area contributed by atoms with E-state index in [0.717, 1.165) is 39.6 Å². The van der Waals surface area contributed by atoms with Crippen molar-refractivity contribution in [2.45, 2.75) is 52.4 Å². The van der Waals surface area contributed by atoms with Crippen molar-refractivity contribution in [3.05, 3.63) is 203 Å². The van der Waals surface area contributed by atoms with Crippen LogP contribution in [-0.2, 0) is 10.8 Å². The Labute approximate surface area is 308 Å². The van der Waals surface area contributed by atoms with Gasteiger partial charge < -0.3 is 9.80 Å². The number of hydrogen-bond acceptors (Lipinski definition) is 2. The van der Waals surface area contributed by atoms with Crippen molar-refractivity contribution < 1.29 is 0 Å². The molecule has 0 unspecified atom stereocenters. The molecule has 0 N–H and O–H groups in total. The van der Waals surface area contributed by atoms with Gasteiger partial charge in [-0.1, -0.05) is 131 Å². The molecule has 0 fully saturated rings. The second-order valence-corrected chi connectivity index (χ2v) is 15.8.